The molecular formula is C12H17NO3. The second-order valence-electron chi connectivity index (χ2n) is 3.41. The van der Waals surface area contributed by atoms with Crippen molar-refractivity contribution in [2.75, 3.05) is 19.8 Å². The largest absolute Gasteiger partial charge is 0.377 e. The van der Waals surface area contributed by atoms with Gasteiger partial charge in [0.05, 0.1) is 6.61 Å². The predicted molar refractivity (Wildman–Crippen MR) is 60.7 cm³/mol. The van der Waals surface area contributed by atoms with Crippen LogP contribution >= 0.6 is 0 Å². The van der Waals surface area contributed by atoms with Gasteiger partial charge in [-0.25, -0.2) is 0 Å². The number of rotatable bonds is 8. The van der Waals surface area contributed by atoms with E-state index in [1.807, 2.05) is 30.3 Å². The van der Waals surface area contributed by atoms with E-state index in [1.165, 1.54) is 0 Å². The van der Waals surface area contributed by atoms with Gasteiger partial charge in [0.2, 0.25) is 5.91 Å². The summed E-state index contributed by atoms with van der Waals surface area (Å²) in [5.41, 5.74) is 6.07. The van der Waals surface area contributed by atoms with E-state index >= 15 is 0 Å². The fourth-order valence-corrected chi connectivity index (χ4v) is 1.20. The van der Waals surface area contributed by atoms with Gasteiger partial charge in [0.25, 0.3) is 0 Å². The molecule has 1 rings (SSSR count). The summed E-state index contributed by atoms with van der Waals surface area (Å²) in [6, 6.07) is 9.97. The van der Waals surface area contributed by atoms with Crippen molar-refractivity contribution in [3.05, 3.63) is 35.9 Å². The Morgan fingerprint density at radius 3 is 2.50 bits per heavy atom. The maximum absolute atomic E-state index is 10.3. The van der Waals surface area contributed by atoms with E-state index in [9.17, 15) is 4.79 Å². The minimum atomic E-state index is -0.440. The zero-order valence-corrected chi connectivity index (χ0v) is 9.22. The van der Waals surface area contributed by atoms with Gasteiger partial charge in [-0.15, -0.1) is 0 Å². The maximum Gasteiger partial charge on any atom is 0.243 e. The van der Waals surface area contributed by atoms with Gasteiger partial charge in [-0.3, -0.25) is 4.79 Å². The highest BCUT2D eigenvalue weighted by Crippen LogP contribution is 2.00. The van der Waals surface area contributed by atoms with E-state index in [0.717, 1.165) is 12.0 Å². The lowest BCUT2D eigenvalue weighted by Gasteiger charge is -2.04. The summed E-state index contributed by atoms with van der Waals surface area (Å²) in [6.07, 6.45) is 0.764. The van der Waals surface area contributed by atoms with Crippen LogP contribution in [0.15, 0.2) is 30.3 Å². The van der Waals surface area contributed by atoms with E-state index in [-0.39, 0.29) is 6.61 Å². The summed E-state index contributed by atoms with van der Waals surface area (Å²) in [5, 5.41) is 0. The number of ether oxygens (including phenoxy) is 2. The van der Waals surface area contributed by atoms with Crippen molar-refractivity contribution < 1.29 is 14.3 Å². The molecule has 0 atom stereocenters. The Hall–Kier alpha value is -1.39. The van der Waals surface area contributed by atoms with Crippen LogP contribution in [-0.2, 0) is 20.9 Å². The molecule has 4 nitrogen and oxygen atoms in total. The number of amides is 1. The average Bonchev–Trinajstić information content (AvgIpc) is 2.29. The Morgan fingerprint density at radius 1 is 1.12 bits per heavy atom. The lowest BCUT2D eigenvalue weighted by Crippen LogP contribution is -2.18. The number of nitrogens with two attached hydrogens (primary N) is 1. The molecule has 1 aromatic carbocycles. The van der Waals surface area contributed by atoms with Gasteiger partial charge in [-0.2, -0.15) is 0 Å². The van der Waals surface area contributed by atoms with E-state index in [1.54, 1.807) is 0 Å². The topological polar surface area (TPSA) is 61.6 Å². The molecule has 0 aromatic heterocycles. The molecule has 0 aliphatic heterocycles. The van der Waals surface area contributed by atoms with Crippen LogP contribution in [-0.4, -0.2) is 25.7 Å². The third-order valence-corrected chi connectivity index (χ3v) is 1.93. The first kappa shape index (κ1) is 12.7. The summed E-state index contributed by atoms with van der Waals surface area (Å²) >= 11 is 0. The van der Waals surface area contributed by atoms with Crippen molar-refractivity contribution in [3.63, 3.8) is 0 Å². The first-order chi connectivity index (χ1) is 7.79. The van der Waals surface area contributed by atoms with Gasteiger partial charge < -0.3 is 15.2 Å². The van der Waals surface area contributed by atoms with Crippen molar-refractivity contribution in [2.45, 2.75) is 13.0 Å². The smallest absolute Gasteiger partial charge is 0.243 e. The van der Waals surface area contributed by atoms with Crippen LogP contribution in [0, 0.1) is 0 Å². The minimum Gasteiger partial charge on any atom is -0.377 e. The zero-order valence-electron chi connectivity index (χ0n) is 9.22. The molecular weight excluding hydrogens is 206 g/mol. The molecule has 0 spiro atoms. The van der Waals surface area contributed by atoms with Gasteiger partial charge in [-0.1, -0.05) is 30.3 Å². The molecule has 0 aliphatic rings. The van der Waals surface area contributed by atoms with Gasteiger partial charge in [0.15, 0.2) is 0 Å². The number of carbonyl (C=O) groups excluding carboxylic acids is 1. The van der Waals surface area contributed by atoms with E-state index < -0.39 is 5.91 Å². The molecule has 0 saturated carbocycles. The predicted octanol–water partition coefficient (Wildman–Crippen LogP) is 1.10. The van der Waals surface area contributed by atoms with Gasteiger partial charge in [0.1, 0.15) is 6.61 Å². The Bertz CT molecular complexity index is 300. The summed E-state index contributed by atoms with van der Waals surface area (Å²) in [7, 11) is 0. The van der Waals surface area contributed by atoms with Crippen LogP contribution < -0.4 is 5.73 Å². The molecule has 0 unspecified atom stereocenters. The van der Waals surface area contributed by atoms with Crippen LogP contribution in [0.4, 0.5) is 0 Å². The fraction of sp³-hybridized carbons (Fsp3) is 0.417. The molecule has 0 bridgehead atoms. The molecule has 1 aromatic rings. The number of benzene rings is 1. The van der Waals surface area contributed by atoms with Crippen molar-refractivity contribution in [3.8, 4) is 0 Å². The van der Waals surface area contributed by atoms with Crippen LogP contribution in [0.25, 0.3) is 0 Å². The lowest BCUT2D eigenvalue weighted by molar-refractivity contribution is -0.122. The van der Waals surface area contributed by atoms with Crippen LogP contribution in [0.3, 0.4) is 0 Å². The summed E-state index contributed by atoms with van der Waals surface area (Å²) < 4.78 is 10.4. The highest BCUT2D eigenvalue weighted by atomic mass is 16.5. The van der Waals surface area contributed by atoms with Crippen LogP contribution in [0.1, 0.15) is 12.0 Å². The van der Waals surface area contributed by atoms with Crippen LogP contribution in [0.2, 0.25) is 0 Å². The van der Waals surface area contributed by atoms with Gasteiger partial charge in [0, 0.05) is 13.2 Å². The SMILES string of the molecule is NC(=O)COCCCOCc1ccccc1. The van der Waals surface area contributed by atoms with E-state index in [0.29, 0.717) is 19.8 Å². The molecule has 0 saturated heterocycles. The minimum absolute atomic E-state index is 0.0152. The number of hydrogen-bond donors (Lipinski definition) is 1. The monoisotopic (exact) mass is 223 g/mol. The Balaban J connectivity index is 1.94. The Labute approximate surface area is 95.3 Å². The van der Waals surface area contributed by atoms with Crippen molar-refractivity contribution in [1.82, 2.24) is 0 Å². The third-order valence-electron chi connectivity index (χ3n) is 1.93. The molecule has 4 heteroatoms. The van der Waals surface area contributed by atoms with E-state index in [2.05, 4.69) is 0 Å². The highest BCUT2D eigenvalue weighted by Gasteiger charge is 1.95. The number of primary amides is 1. The second kappa shape index (κ2) is 7.84. The number of carbonyl (C=O) groups is 1. The molecule has 16 heavy (non-hydrogen) atoms. The van der Waals surface area contributed by atoms with Crippen molar-refractivity contribution in [1.29, 1.82) is 0 Å². The van der Waals surface area contributed by atoms with Gasteiger partial charge >= 0.3 is 0 Å². The van der Waals surface area contributed by atoms with Crippen molar-refractivity contribution >= 4 is 5.91 Å². The molecule has 2 N–H and O–H groups in total. The maximum atomic E-state index is 10.3. The normalized spacial score (nSPS) is 10.2. The fourth-order valence-electron chi connectivity index (χ4n) is 1.20. The standard InChI is InChI=1S/C12H17NO3/c13-12(14)10-16-8-4-7-15-9-11-5-2-1-3-6-11/h1-3,5-6H,4,7-10H2,(H2,13,14). The highest BCUT2D eigenvalue weighted by molar-refractivity contribution is 5.74. The summed E-state index contributed by atoms with van der Waals surface area (Å²) in [5.74, 6) is -0.440. The van der Waals surface area contributed by atoms with Gasteiger partial charge in [-0.05, 0) is 12.0 Å². The molecule has 0 heterocycles. The molecule has 0 fully saturated rings. The Morgan fingerprint density at radius 2 is 1.81 bits per heavy atom. The number of hydrogen-bond acceptors (Lipinski definition) is 3. The summed E-state index contributed by atoms with van der Waals surface area (Å²) in [6.45, 7) is 1.71. The van der Waals surface area contributed by atoms with Crippen LogP contribution in [0.5, 0.6) is 0 Å². The zero-order chi connectivity index (χ0) is 11.6. The molecule has 1 amide bonds. The molecule has 0 radical (unpaired) electrons. The lowest BCUT2D eigenvalue weighted by atomic mass is 10.2. The quantitative estimate of drug-likeness (QED) is 0.671. The van der Waals surface area contributed by atoms with Crippen molar-refractivity contribution in [2.24, 2.45) is 5.73 Å². The molecule has 88 valence electrons. The third kappa shape index (κ3) is 6.16. The first-order valence-electron chi connectivity index (χ1n) is 5.27. The Kier molecular flexibility index (Phi) is 6.22. The second-order valence-corrected chi connectivity index (χ2v) is 3.41. The molecule has 0 aliphatic carbocycles. The summed E-state index contributed by atoms with van der Waals surface area (Å²) in [4.78, 5) is 10.3. The van der Waals surface area contributed by atoms with E-state index in [4.69, 9.17) is 15.2 Å². The first-order valence-corrected chi connectivity index (χ1v) is 5.27. The average molecular weight is 223 g/mol.